The summed E-state index contributed by atoms with van der Waals surface area (Å²) in [6.07, 6.45) is 26.4. The van der Waals surface area contributed by atoms with Gasteiger partial charge in [0.25, 0.3) is 0 Å². The van der Waals surface area contributed by atoms with E-state index in [0.717, 1.165) is 99.7 Å². The molecule has 0 spiro atoms. The van der Waals surface area contributed by atoms with E-state index in [2.05, 4.69) is 105 Å². The van der Waals surface area contributed by atoms with Crippen LogP contribution in [0.25, 0.3) is 0 Å². The van der Waals surface area contributed by atoms with Crippen LogP contribution in [0.3, 0.4) is 0 Å². The van der Waals surface area contributed by atoms with Crippen LogP contribution in [0.15, 0.2) is 76.7 Å². The van der Waals surface area contributed by atoms with Crippen molar-refractivity contribution in [3.63, 3.8) is 0 Å². The molecule has 0 aliphatic rings. The average molecular weight is 1050 g/mol. The van der Waals surface area contributed by atoms with Crippen LogP contribution in [0, 0.1) is 25.7 Å². The van der Waals surface area contributed by atoms with E-state index in [1.807, 2.05) is 6.21 Å². The molecule has 0 aliphatic heterocycles. The third kappa shape index (κ3) is 27.3. The first-order valence-electron chi connectivity index (χ1n) is 27.0. The summed E-state index contributed by atoms with van der Waals surface area (Å²) in [5.41, 5.74) is 9.20. The smallest absolute Gasteiger partial charge is 0.870 e. The number of carboxylic acid groups (broad SMARTS) is 2. The number of nitrogens with zero attached hydrogens (tertiary/aromatic N) is 2. The molecule has 0 heterocycles. The quantitative estimate of drug-likeness (QED) is 0.0142. The van der Waals surface area contributed by atoms with Gasteiger partial charge in [-0.3, -0.25) is 9.98 Å². The van der Waals surface area contributed by atoms with E-state index in [4.69, 9.17) is 20.2 Å². The van der Waals surface area contributed by atoms with Gasteiger partial charge in [0, 0.05) is 18.2 Å². The molecular formula is C62H86N2NiO8. The molecule has 0 saturated heterocycles. The van der Waals surface area contributed by atoms with Crippen molar-refractivity contribution in [2.24, 2.45) is 9.98 Å². The van der Waals surface area contributed by atoms with Crippen molar-refractivity contribution in [1.82, 2.24) is 0 Å². The number of rotatable bonds is 28. The summed E-state index contributed by atoms with van der Waals surface area (Å²) in [6.45, 7) is 16.4. The third-order valence-corrected chi connectivity index (χ3v) is 12.4. The van der Waals surface area contributed by atoms with Crippen molar-refractivity contribution < 1.29 is 56.0 Å². The maximum Gasteiger partial charge on any atom is 2.00 e. The van der Waals surface area contributed by atoms with E-state index in [-0.39, 0.29) is 39.5 Å². The monoisotopic (exact) mass is 1040 g/mol. The van der Waals surface area contributed by atoms with Gasteiger partial charge in [0.2, 0.25) is 0 Å². The minimum atomic E-state index is -1.44. The van der Waals surface area contributed by atoms with Crippen molar-refractivity contribution in [3.05, 3.63) is 106 Å². The molecule has 0 bridgehead atoms. The topological polar surface area (TPSA) is 164 Å². The van der Waals surface area contributed by atoms with Gasteiger partial charge in [-0.2, -0.15) is 0 Å². The number of hydrogen-bond acceptors (Lipinski definition) is 8. The van der Waals surface area contributed by atoms with E-state index < -0.39 is 12.3 Å². The predicted molar refractivity (Wildman–Crippen MR) is 295 cm³/mol. The summed E-state index contributed by atoms with van der Waals surface area (Å²) in [5.74, 6) is 6.01. The first kappa shape index (κ1) is 65.4. The molecule has 0 unspecified atom stereocenters. The van der Waals surface area contributed by atoms with Crippen LogP contribution < -0.4 is 19.7 Å². The second-order valence-electron chi connectivity index (χ2n) is 18.5. The molecular weight excluding hydrogens is 959 g/mol. The Morgan fingerprint density at radius 3 is 1.53 bits per heavy atom. The van der Waals surface area contributed by atoms with Crippen molar-refractivity contribution in [1.29, 1.82) is 0 Å². The molecule has 0 atom stereocenters. The Hall–Kier alpha value is -5.59. The Morgan fingerprint density at radius 1 is 0.562 bits per heavy atom. The van der Waals surface area contributed by atoms with Gasteiger partial charge >= 0.3 is 28.8 Å². The molecule has 73 heavy (non-hydrogen) atoms. The molecule has 10 nitrogen and oxygen atoms in total. The second kappa shape index (κ2) is 39.9. The summed E-state index contributed by atoms with van der Waals surface area (Å²) < 4.78 is 9.18. The molecule has 0 amide bonds. The normalized spacial score (nSPS) is 10.8. The zero-order chi connectivity index (χ0) is 52.9. The van der Waals surface area contributed by atoms with Crippen LogP contribution in [0.2, 0.25) is 0 Å². The third-order valence-electron chi connectivity index (χ3n) is 12.4. The van der Waals surface area contributed by atoms with Gasteiger partial charge in [-0.1, -0.05) is 202 Å². The SMILES string of the molecule is CCCCCCCCCCCCC#Cc1cccc(N=C(C=Nc2ccc(CC)c(CC)c2)CCCC)c1.CCCCCc1ccc(C)c([O-])c1OC(=O)O.CCCCCc1ccc(C)c([O-])c1OC(=O)O.[Ni+2]. The fraction of sp³-hybridized carbons (Fsp3) is 0.516. The Labute approximate surface area is 449 Å². The van der Waals surface area contributed by atoms with E-state index in [1.165, 1.54) is 75.3 Å². The van der Waals surface area contributed by atoms with Crippen LogP contribution >= 0.6 is 0 Å². The molecule has 2 N–H and O–H groups in total. The number of ether oxygens (including phenoxy) is 2. The fourth-order valence-electron chi connectivity index (χ4n) is 8.03. The molecule has 402 valence electrons. The minimum absolute atomic E-state index is 0. The zero-order valence-corrected chi connectivity index (χ0v) is 46.4. The molecule has 0 saturated carbocycles. The molecule has 0 aliphatic carbocycles. The average Bonchev–Trinajstić information content (AvgIpc) is 3.37. The Morgan fingerprint density at radius 2 is 1.04 bits per heavy atom. The number of unbranched alkanes of at least 4 members (excludes halogenated alkanes) is 15. The van der Waals surface area contributed by atoms with E-state index >= 15 is 0 Å². The first-order valence-corrected chi connectivity index (χ1v) is 27.0. The maximum absolute atomic E-state index is 11.8. The van der Waals surface area contributed by atoms with Crippen molar-refractivity contribution >= 4 is 35.6 Å². The second-order valence-corrected chi connectivity index (χ2v) is 18.5. The van der Waals surface area contributed by atoms with Gasteiger partial charge in [-0.25, -0.2) is 9.59 Å². The minimum Gasteiger partial charge on any atom is -0.870 e. The Balaban J connectivity index is 0.000000628. The fourth-order valence-corrected chi connectivity index (χ4v) is 8.03. The molecule has 4 aromatic rings. The van der Waals surface area contributed by atoms with Gasteiger partial charge in [-0.15, -0.1) is 0 Å². The Kier molecular flexibility index (Phi) is 35.7. The van der Waals surface area contributed by atoms with E-state index in [0.29, 0.717) is 35.1 Å². The van der Waals surface area contributed by atoms with E-state index in [9.17, 15) is 19.8 Å². The Bertz CT molecular complexity index is 2250. The summed E-state index contributed by atoms with van der Waals surface area (Å²) >= 11 is 0. The maximum atomic E-state index is 11.8. The number of carbonyl (C=O) groups is 2. The molecule has 0 radical (unpaired) electrons. The van der Waals surface area contributed by atoms with Gasteiger partial charge in [0.1, 0.15) is 11.5 Å². The first-order chi connectivity index (χ1) is 34.8. The standard InChI is InChI=1S/C36H52N2.2C13H18O4.Ni/c1-5-9-11-12-13-14-15-16-17-18-19-20-22-31-23-21-25-35(28-31)38-36(24-10-6-2)30-37-34-27-26-32(7-3)33(8-4)29-34;2*1-3-4-5-6-10-8-7-9(2)11(14)12(10)17-13(15)16;/h21,23,25-30H,5-19,24H2,1-4H3;2*7-8,14H,3-6H2,1-2H3,(H,15,16);/q;;;+2/p-2. The van der Waals surface area contributed by atoms with Crippen molar-refractivity contribution in [3.8, 4) is 34.8 Å². The van der Waals surface area contributed by atoms with Crippen molar-refractivity contribution in [2.75, 3.05) is 0 Å². The van der Waals surface area contributed by atoms with E-state index in [1.54, 1.807) is 38.1 Å². The van der Waals surface area contributed by atoms with Gasteiger partial charge < -0.3 is 29.9 Å². The van der Waals surface area contributed by atoms with Crippen molar-refractivity contribution in [2.45, 2.75) is 209 Å². The molecule has 4 rings (SSSR count). The van der Waals surface area contributed by atoms with Crippen LogP contribution in [0.1, 0.15) is 209 Å². The number of aliphatic imine (C=N–C) groups is 2. The summed E-state index contributed by atoms with van der Waals surface area (Å²) in [6, 6.07) is 21.8. The van der Waals surface area contributed by atoms with Crippen LogP contribution in [0.5, 0.6) is 23.0 Å². The van der Waals surface area contributed by atoms with Crippen LogP contribution in [-0.4, -0.2) is 34.5 Å². The summed E-state index contributed by atoms with van der Waals surface area (Å²) in [7, 11) is 0. The van der Waals surface area contributed by atoms with Gasteiger partial charge in [0.05, 0.1) is 17.1 Å². The molecule has 11 heteroatoms. The number of aryl methyl sites for hydroxylation is 6. The zero-order valence-electron chi connectivity index (χ0n) is 45.5. The number of hydrogen-bond donors (Lipinski definition) is 2. The van der Waals surface area contributed by atoms with Gasteiger partial charge in [0.15, 0.2) is 0 Å². The molecule has 0 fully saturated rings. The molecule has 4 aromatic carbocycles. The largest absolute Gasteiger partial charge is 2.00 e. The van der Waals surface area contributed by atoms with Crippen LogP contribution in [0.4, 0.5) is 21.0 Å². The summed E-state index contributed by atoms with van der Waals surface area (Å²) in [4.78, 5) is 30.9. The van der Waals surface area contributed by atoms with Crippen LogP contribution in [-0.2, 0) is 42.2 Å². The summed E-state index contributed by atoms with van der Waals surface area (Å²) in [5, 5.41) is 40.8. The predicted octanol–water partition coefficient (Wildman–Crippen LogP) is 16.9. The number of benzene rings is 4. The van der Waals surface area contributed by atoms with Gasteiger partial charge in [-0.05, 0) is 124 Å². The molecule has 0 aromatic heterocycles.